The maximum Gasteiger partial charge on any atom is 0.360 e. The molecule has 1 N–H and O–H groups in total. The topological polar surface area (TPSA) is 51.2 Å². The minimum absolute atomic E-state index is 0.346. The molecule has 1 aromatic heterocycles. The van der Waals surface area contributed by atoms with E-state index in [-0.39, 0.29) is 5.97 Å². The number of aromatic nitrogens is 1. The number of nitrogens with zero attached hydrogens (tertiary/aromatic N) is 1. The van der Waals surface area contributed by atoms with Crippen LogP contribution in [0.25, 0.3) is 0 Å². The lowest BCUT2D eigenvalue weighted by molar-refractivity contribution is 0.0521. The quantitative estimate of drug-likeness (QED) is 0.779. The summed E-state index contributed by atoms with van der Waals surface area (Å²) >= 11 is 1.43. The zero-order valence-corrected chi connectivity index (χ0v) is 10.8. The Balaban J connectivity index is 2.66. The predicted octanol–water partition coefficient (Wildman–Crippen LogP) is 2.92. The van der Waals surface area contributed by atoms with Gasteiger partial charge in [-0.15, -0.1) is 11.3 Å². The monoisotopic (exact) mass is 242 g/mol. The molecule has 0 spiro atoms. The number of carbonyl (C=O) groups is 1. The third kappa shape index (κ3) is 3.48. The van der Waals surface area contributed by atoms with Crippen molar-refractivity contribution in [1.82, 2.24) is 4.98 Å². The van der Waals surface area contributed by atoms with Crippen LogP contribution in [0.15, 0.2) is 5.51 Å². The normalized spacial score (nSPS) is 12.2. The van der Waals surface area contributed by atoms with Gasteiger partial charge in [-0.05, 0) is 20.3 Å². The predicted molar refractivity (Wildman–Crippen MR) is 66.1 cm³/mol. The Morgan fingerprint density at radius 3 is 3.00 bits per heavy atom. The molecule has 0 bridgehead atoms. The van der Waals surface area contributed by atoms with E-state index in [1.807, 2.05) is 0 Å². The molecular formula is C11H18N2O2S. The molecule has 0 aliphatic rings. The Morgan fingerprint density at radius 2 is 2.38 bits per heavy atom. The lowest BCUT2D eigenvalue weighted by atomic mass is 10.2. The Kier molecular flexibility index (Phi) is 5.25. The zero-order chi connectivity index (χ0) is 12.0. The van der Waals surface area contributed by atoms with Gasteiger partial charge in [0.2, 0.25) is 0 Å². The summed E-state index contributed by atoms with van der Waals surface area (Å²) in [7, 11) is 0. The summed E-state index contributed by atoms with van der Waals surface area (Å²) in [6.07, 6.45) is 2.18. The number of hydrogen-bond acceptors (Lipinski definition) is 5. The van der Waals surface area contributed by atoms with E-state index in [1.54, 1.807) is 12.4 Å². The average Bonchev–Trinajstić information content (AvgIpc) is 2.66. The molecule has 0 saturated heterocycles. The standard InChI is InChI=1S/C11H18N2O2S/c1-4-6-8(3)13-10-9(12-7-16-10)11(14)15-5-2/h7-8,13H,4-6H2,1-3H3. The molecule has 0 amide bonds. The molecule has 1 rings (SSSR count). The number of nitrogens with one attached hydrogen (secondary N) is 1. The van der Waals surface area contributed by atoms with Crippen LogP contribution in [0.5, 0.6) is 0 Å². The van der Waals surface area contributed by atoms with Gasteiger partial charge < -0.3 is 10.1 Å². The Bertz CT molecular complexity index is 338. The summed E-state index contributed by atoms with van der Waals surface area (Å²) in [6.45, 7) is 6.40. The molecule has 0 aliphatic heterocycles. The fourth-order valence-corrected chi connectivity index (χ4v) is 2.20. The number of thiazole rings is 1. The van der Waals surface area contributed by atoms with E-state index in [1.165, 1.54) is 11.3 Å². The lowest BCUT2D eigenvalue weighted by Gasteiger charge is -2.12. The van der Waals surface area contributed by atoms with Crippen molar-refractivity contribution in [2.75, 3.05) is 11.9 Å². The molecule has 1 aromatic rings. The van der Waals surface area contributed by atoms with Gasteiger partial charge in [0.25, 0.3) is 0 Å². The molecule has 0 saturated carbocycles. The summed E-state index contributed by atoms with van der Waals surface area (Å²) in [5.41, 5.74) is 2.06. The van der Waals surface area contributed by atoms with Gasteiger partial charge in [-0.25, -0.2) is 9.78 Å². The van der Waals surface area contributed by atoms with Crippen molar-refractivity contribution in [2.24, 2.45) is 0 Å². The van der Waals surface area contributed by atoms with Crippen LogP contribution in [0.4, 0.5) is 5.00 Å². The first-order valence-corrected chi connectivity index (χ1v) is 6.44. The first kappa shape index (κ1) is 13.0. The van der Waals surface area contributed by atoms with Crippen LogP contribution in [0, 0.1) is 0 Å². The smallest absolute Gasteiger partial charge is 0.360 e. The summed E-state index contributed by atoms with van der Waals surface area (Å²) in [5.74, 6) is -0.352. The fraction of sp³-hybridized carbons (Fsp3) is 0.636. The van der Waals surface area contributed by atoms with E-state index in [0.717, 1.165) is 17.8 Å². The Hall–Kier alpha value is -1.10. The largest absolute Gasteiger partial charge is 0.461 e. The summed E-state index contributed by atoms with van der Waals surface area (Å²) in [6, 6.07) is 0.346. The van der Waals surface area contributed by atoms with Gasteiger partial charge >= 0.3 is 5.97 Å². The SMILES string of the molecule is CCCC(C)Nc1scnc1C(=O)OCC. The molecular weight excluding hydrogens is 224 g/mol. The first-order chi connectivity index (χ1) is 7.69. The van der Waals surface area contributed by atoms with Gasteiger partial charge in [0.1, 0.15) is 5.00 Å². The Labute approximate surface area is 100 Å². The van der Waals surface area contributed by atoms with E-state index in [0.29, 0.717) is 18.3 Å². The van der Waals surface area contributed by atoms with E-state index < -0.39 is 0 Å². The second kappa shape index (κ2) is 6.48. The van der Waals surface area contributed by atoms with Crippen LogP contribution in [-0.2, 0) is 4.74 Å². The second-order valence-electron chi connectivity index (χ2n) is 3.58. The second-order valence-corrected chi connectivity index (χ2v) is 4.44. The van der Waals surface area contributed by atoms with Crippen LogP contribution in [0.1, 0.15) is 44.1 Å². The van der Waals surface area contributed by atoms with Crippen LogP contribution in [0.2, 0.25) is 0 Å². The Morgan fingerprint density at radius 1 is 1.62 bits per heavy atom. The van der Waals surface area contributed by atoms with Crippen LogP contribution >= 0.6 is 11.3 Å². The highest BCUT2D eigenvalue weighted by molar-refractivity contribution is 7.14. The third-order valence-corrected chi connectivity index (χ3v) is 2.89. The molecule has 0 aliphatic carbocycles. The van der Waals surface area contributed by atoms with Crippen LogP contribution < -0.4 is 5.32 Å². The van der Waals surface area contributed by atoms with Gasteiger partial charge in [-0.2, -0.15) is 0 Å². The number of ether oxygens (including phenoxy) is 1. The van der Waals surface area contributed by atoms with Gasteiger partial charge in [-0.3, -0.25) is 0 Å². The van der Waals surface area contributed by atoms with Crippen LogP contribution in [0.3, 0.4) is 0 Å². The molecule has 1 heterocycles. The van der Waals surface area contributed by atoms with E-state index in [2.05, 4.69) is 24.1 Å². The number of anilines is 1. The highest BCUT2D eigenvalue weighted by Crippen LogP contribution is 2.22. The molecule has 1 atom stereocenters. The van der Waals surface area contributed by atoms with Crippen molar-refractivity contribution in [1.29, 1.82) is 0 Å². The molecule has 4 nitrogen and oxygen atoms in total. The third-order valence-electron chi connectivity index (χ3n) is 2.14. The number of hydrogen-bond donors (Lipinski definition) is 1. The molecule has 16 heavy (non-hydrogen) atoms. The van der Waals surface area contributed by atoms with E-state index in [9.17, 15) is 4.79 Å². The van der Waals surface area contributed by atoms with Gasteiger partial charge in [0.15, 0.2) is 5.69 Å². The summed E-state index contributed by atoms with van der Waals surface area (Å²) < 4.78 is 4.93. The molecule has 1 unspecified atom stereocenters. The molecule has 5 heteroatoms. The van der Waals surface area contributed by atoms with E-state index >= 15 is 0 Å². The number of rotatable bonds is 6. The summed E-state index contributed by atoms with van der Waals surface area (Å²) in [4.78, 5) is 15.6. The van der Waals surface area contributed by atoms with Crippen molar-refractivity contribution in [3.05, 3.63) is 11.2 Å². The molecule has 0 fully saturated rings. The molecule has 0 aromatic carbocycles. The minimum atomic E-state index is -0.352. The van der Waals surface area contributed by atoms with Crippen molar-refractivity contribution >= 4 is 22.3 Å². The lowest BCUT2D eigenvalue weighted by Crippen LogP contribution is -2.16. The van der Waals surface area contributed by atoms with Gasteiger partial charge in [-0.1, -0.05) is 13.3 Å². The highest BCUT2D eigenvalue weighted by Gasteiger charge is 2.16. The van der Waals surface area contributed by atoms with Crippen LogP contribution in [-0.4, -0.2) is 23.6 Å². The zero-order valence-electron chi connectivity index (χ0n) is 9.95. The van der Waals surface area contributed by atoms with Crippen molar-refractivity contribution in [3.8, 4) is 0 Å². The number of esters is 1. The first-order valence-electron chi connectivity index (χ1n) is 5.56. The van der Waals surface area contributed by atoms with Crippen molar-refractivity contribution in [3.63, 3.8) is 0 Å². The molecule has 90 valence electrons. The summed E-state index contributed by atoms with van der Waals surface area (Å²) in [5, 5.41) is 4.09. The van der Waals surface area contributed by atoms with Gasteiger partial charge in [0.05, 0.1) is 12.1 Å². The minimum Gasteiger partial charge on any atom is -0.461 e. The van der Waals surface area contributed by atoms with Gasteiger partial charge in [0, 0.05) is 6.04 Å². The highest BCUT2D eigenvalue weighted by atomic mass is 32.1. The maximum atomic E-state index is 11.5. The fourth-order valence-electron chi connectivity index (χ4n) is 1.42. The van der Waals surface area contributed by atoms with Crippen molar-refractivity contribution < 1.29 is 9.53 Å². The van der Waals surface area contributed by atoms with E-state index in [4.69, 9.17) is 4.74 Å². The molecule has 0 radical (unpaired) electrons. The average molecular weight is 242 g/mol. The number of carbonyl (C=O) groups excluding carboxylic acids is 1. The van der Waals surface area contributed by atoms with Crippen molar-refractivity contribution in [2.45, 2.75) is 39.7 Å². The maximum absolute atomic E-state index is 11.5.